The summed E-state index contributed by atoms with van der Waals surface area (Å²) in [5.74, 6) is -0.571. The number of carbonyl (C=O) groups excluding carboxylic acids is 2. The summed E-state index contributed by atoms with van der Waals surface area (Å²) in [4.78, 5) is 48.1. The molecule has 0 saturated carbocycles. The van der Waals surface area contributed by atoms with Crippen molar-refractivity contribution in [2.24, 2.45) is 0 Å². The maximum absolute atomic E-state index is 14.2. The molecular weight excluding hydrogens is 510 g/mol. The first-order chi connectivity index (χ1) is 19.1. The summed E-state index contributed by atoms with van der Waals surface area (Å²) in [6.07, 6.45) is 1.86. The van der Waals surface area contributed by atoms with Crippen molar-refractivity contribution in [3.05, 3.63) is 78.2 Å². The normalized spacial score (nSPS) is 19.6. The minimum atomic E-state index is -1.46. The molecule has 10 nitrogen and oxygen atoms in total. The van der Waals surface area contributed by atoms with Crippen molar-refractivity contribution in [3.63, 3.8) is 0 Å². The summed E-state index contributed by atoms with van der Waals surface area (Å²) in [7, 11) is 0. The molecule has 5 rings (SSSR count). The largest absolute Gasteiger partial charge is 0.465 e. The highest BCUT2D eigenvalue weighted by Gasteiger charge is 2.38. The Morgan fingerprint density at radius 2 is 1.60 bits per heavy atom. The van der Waals surface area contributed by atoms with Gasteiger partial charge in [-0.2, -0.15) is 0 Å². The van der Waals surface area contributed by atoms with Crippen LogP contribution in [0.15, 0.2) is 67.0 Å². The zero-order chi connectivity index (χ0) is 28.4. The van der Waals surface area contributed by atoms with Crippen LogP contribution in [0.5, 0.6) is 0 Å². The summed E-state index contributed by atoms with van der Waals surface area (Å²) < 4.78 is 1.97. The molecule has 0 unspecified atom stereocenters. The van der Waals surface area contributed by atoms with E-state index in [-0.39, 0.29) is 43.5 Å². The predicted octanol–water partition coefficient (Wildman–Crippen LogP) is 3.14. The number of piperazine rings is 1. The van der Waals surface area contributed by atoms with E-state index in [1.54, 1.807) is 16.1 Å². The monoisotopic (exact) mass is 545 g/mol. The van der Waals surface area contributed by atoms with Crippen molar-refractivity contribution in [1.29, 1.82) is 0 Å². The van der Waals surface area contributed by atoms with Crippen molar-refractivity contribution in [3.8, 4) is 11.3 Å². The van der Waals surface area contributed by atoms with Crippen LogP contribution in [0.3, 0.4) is 0 Å². The third-order valence-electron chi connectivity index (χ3n) is 7.74. The number of aromatic nitrogens is 2. The van der Waals surface area contributed by atoms with Crippen LogP contribution in [0.1, 0.15) is 42.4 Å². The van der Waals surface area contributed by atoms with Gasteiger partial charge in [-0.1, -0.05) is 60.7 Å². The van der Waals surface area contributed by atoms with Gasteiger partial charge in [-0.05, 0) is 32.3 Å². The van der Waals surface area contributed by atoms with Gasteiger partial charge in [0.25, 0.3) is 11.8 Å². The van der Waals surface area contributed by atoms with E-state index in [0.717, 1.165) is 11.1 Å². The molecule has 2 fully saturated rings. The van der Waals surface area contributed by atoms with Crippen molar-refractivity contribution in [1.82, 2.24) is 24.3 Å². The molecule has 2 N–H and O–H groups in total. The molecule has 210 valence electrons. The van der Waals surface area contributed by atoms with Gasteiger partial charge < -0.3 is 29.5 Å². The third kappa shape index (κ3) is 5.58. The van der Waals surface area contributed by atoms with Crippen molar-refractivity contribution in [2.45, 2.75) is 44.4 Å². The molecule has 0 radical (unpaired) electrons. The SMILES string of the molecule is CC(C)(O)C(=O)N1CC[C@H](n2cnc(C(=O)N3CCN(C(=O)O)C[C@H]3Cc3ccccc3)c2-c2ccccc2)C1. The number of imidazole rings is 1. The summed E-state index contributed by atoms with van der Waals surface area (Å²) in [6, 6.07) is 18.9. The zero-order valence-electron chi connectivity index (χ0n) is 22.8. The number of likely N-dealkylation sites (tertiary alicyclic amines) is 1. The Morgan fingerprint density at radius 3 is 2.25 bits per heavy atom. The highest BCUT2D eigenvalue weighted by Crippen LogP contribution is 2.33. The quantitative estimate of drug-likeness (QED) is 0.491. The van der Waals surface area contributed by atoms with Gasteiger partial charge >= 0.3 is 6.09 Å². The molecule has 2 aromatic carbocycles. The van der Waals surface area contributed by atoms with Gasteiger partial charge in [0.1, 0.15) is 5.60 Å². The zero-order valence-corrected chi connectivity index (χ0v) is 22.8. The van der Waals surface area contributed by atoms with Gasteiger partial charge in [0.15, 0.2) is 5.69 Å². The molecule has 40 heavy (non-hydrogen) atoms. The molecule has 2 aliphatic heterocycles. The lowest BCUT2D eigenvalue weighted by molar-refractivity contribution is -0.146. The van der Waals surface area contributed by atoms with Crippen molar-refractivity contribution < 1.29 is 24.6 Å². The molecule has 0 aliphatic carbocycles. The Hall–Kier alpha value is -4.18. The number of aliphatic hydroxyl groups is 1. The average Bonchev–Trinajstić information content (AvgIpc) is 3.60. The smallest absolute Gasteiger partial charge is 0.407 e. The topological polar surface area (TPSA) is 119 Å². The molecule has 2 aliphatic rings. The van der Waals surface area contributed by atoms with Gasteiger partial charge in [0, 0.05) is 38.3 Å². The van der Waals surface area contributed by atoms with Gasteiger partial charge in [0.05, 0.1) is 24.1 Å². The van der Waals surface area contributed by atoms with Crippen LogP contribution in [0, 0.1) is 0 Å². The van der Waals surface area contributed by atoms with Crippen LogP contribution in [0.4, 0.5) is 4.79 Å². The fraction of sp³-hybridized carbons (Fsp3) is 0.400. The number of carbonyl (C=O) groups is 3. The molecule has 2 atom stereocenters. The standard InChI is InChI=1S/C30H35N5O5/c1-30(2,40)28(37)32-14-13-23(18-32)35-20-31-25(26(35)22-11-7-4-8-12-22)27(36)34-16-15-33(29(38)39)19-24(34)17-21-9-5-3-6-10-21/h3-12,20,23-24,40H,13-19H2,1-2H3,(H,38,39)/t23-,24+/m0/s1. The van der Waals surface area contributed by atoms with Crippen molar-refractivity contribution in [2.75, 3.05) is 32.7 Å². The van der Waals surface area contributed by atoms with E-state index in [4.69, 9.17) is 0 Å². The highest BCUT2D eigenvalue weighted by atomic mass is 16.4. The average molecular weight is 546 g/mol. The minimum absolute atomic E-state index is 0.112. The van der Waals surface area contributed by atoms with Crippen LogP contribution in [-0.4, -0.2) is 96.7 Å². The number of hydrogen-bond donors (Lipinski definition) is 2. The predicted molar refractivity (Wildman–Crippen MR) is 149 cm³/mol. The summed E-state index contributed by atoms with van der Waals surface area (Å²) in [5.41, 5.74) is 1.37. The number of carboxylic acid groups (broad SMARTS) is 1. The van der Waals surface area contributed by atoms with Gasteiger partial charge in [0.2, 0.25) is 0 Å². The van der Waals surface area contributed by atoms with Crippen LogP contribution in [0.25, 0.3) is 11.3 Å². The Labute approximate surface area is 233 Å². The lowest BCUT2D eigenvalue weighted by atomic mass is 10.0. The molecule has 2 saturated heterocycles. The molecule has 0 bridgehead atoms. The highest BCUT2D eigenvalue weighted by molar-refractivity contribution is 5.98. The molecule has 3 heterocycles. The number of benzene rings is 2. The third-order valence-corrected chi connectivity index (χ3v) is 7.74. The maximum atomic E-state index is 14.2. The maximum Gasteiger partial charge on any atom is 0.407 e. The Kier molecular flexibility index (Phi) is 7.62. The van der Waals surface area contributed by atoms with E-state index in [0.29, 0.717) is 37.3 Å². The van der Waals surface area contributed by atoms with E-state index < -0.39 is 11.7 Å². The molecule has 3 aromatic rings. The number of nitrogens with zero attached hydrogens (tertiary/aromatic N) is 5. The van der Waals surface area contributed by atoms with Crippen molar-refractivity contribution >= 4 is 17.9 Å². The number of hydrogen-bond acceptors (Lipinski definition) is 5. The van der Waals surface area contributed by atoms with E-state index in [1.165, 1.54) is 18.7 Å². The van der Waals surface area contributed by atoms with E-state index in [9.17, 15) is 24.6 Å². The molecule has 0 spiro atoms. The molecule has 3 amide bonds. The molecule has 10 heteroatoms. The van der Waals surface area contributed by atoms with Gasteiger partial charge in [-0.3, -0.25) is 9.59 Å². The summed E-state index contributed by atoms with van der Waals surface area (Å²) >= 11 is 0. The van der Waals surface area contributed by atoms with Gasteiger partial charge in [-0.15, -0.1) is 0 Å². The molecule has 1 aromatic heterocycles. The first-order valence-electron chi connectivity index (χ1n) is 13.6. The minimum Gasteiger partial charge on any atom is -0.465 e. The van der Waals surface area contributed by atoms with E-state index in [1.807, 2.05) is 65.2 Å². The van der Waals surface area contributed by atoms with Crippen LogP contribution in [0.2, 0.25) is 0 Å². The van der Waals surface area contributed by atoms with E-state index in [2.05, 4.69) is 4.98 Å². The lowest BCUT2D eigenvalue weighted by Gasteiger charge is -2.40. The first kappa shape index (κ1) is 27.4. The van der Waals surface area contributed by atoms with E-state index >= 15 is 0 Å². The molecular formula is C30H35N5O5. The first-order valence-corrected chi connectivity index (χ1v) is 13.6. The lowest BCUT2D eigenvalue weighted by Crippen LogP contribution is -2.57. The summed E-state index contributed by atoms with van der Waals surface area (Å²) in [6.45, 7) is 4.59. The Bertz CT molecular complexity index is 1370. The number of rotatable bonds is 6. The Balaban J connectivity index is 1.48. The van der Waals surface area contributed by atoms with Crippen LogP contribution < -0.4 is 0 Å². The summed E-state index contributed by atoms with van der Waals surface area (Å²) in [5, 5.41) is 19.9. The van der Waals surface area contributed by atoms with Crippen LogP contribution >= 0.6 is 0 Å². The second-order valence-electron chi connectivity index (χ2n) is 11.0. The van der Waals surface area contributed by atoms with Gasteiger partial charge in [-0.25, -0.2) is 9.78 Å². The number of amides is 3. The fourth-order valence-corrected chi connectivity index (χ4v) is 5.71. The second-order valence-corrected chi connectivity index (χ2v) is 11.0. The second kappa shape index (κ2) is 11.1. The Morgan fingerprint density at radius 1 is 0.925 bits per heavy atom. The fourth-order valence-electron chi connectivity index (χ4n) is 5.71. The van der Waals surface area contributed by atoms with Crippen LogP contribution in [-0.2, 0) is 11.2 Å².